The molecule has 0 amide bonds. The van der Waals surface area contributed by atoms with Gasteiger partial charge in [-0.3, -0.25) is 0 Å². The molecule has 0 saturated heterocycles. The largest absolute Gasteiger partial charge is 0.702 e. The first-order valence-corrected chi connectivity index (χ1v) is 9.48. The fourth-order valence-corrected chi connectivity index (χ4v) is 1.64. The maximum atomic E-state index is 11.1. The fourth-order valence-electron chi connectivity index (χ4n) is 1.41. The van der Waals surface area contributed by atoms with Gasteiger partial charge in [-0.1, -0.05) is 20.8 Å². The number of carbonyl (C=O) groups excluding carboxylic acids is 2. The third-order valence-electron chi connectivity index (χ3n) is 2.57. The Balaban J connectivity index is 0. The van der Waals surface area contributed by atoms with Gasteiger partial charge in [-0.25, -0.2) is 9.59 Å². The van der Waals surface area contributed by atoms with E-state index in [1.54, 1.807) is 27.7 Å². The monoisotopic (exact) mass is 400 g/mol. The van der Waals surface area contributed by atoms with Gasteiger partial charge in [-0.05, 0) is 51.9 Å². The Bertz CT molecular complexity index is 384. The first-order valence-electron chi connectivity index (χ1n) is 8.35. The van der Waals surface area contributed by atoms with E-state index < -0.39 is 39.2 Å². The van der Waals surface area contributed by atoms with E-state index in [1.165, 1.54) is 19.6 Å². The fraction of sp³-hybridized carbons (Fsp3) is 0.867. The predicted octanol–water partition coefficient (Wildman–Crippen LogP) is 3.41. The van der Waals surface area contributed by atoms with Crippen molar-refractivity contribution in [3.05, 3.63) is 0 Å². The molecule has 0 aliphatic carbocycles. The number of hydrogen-bond acceptors (Lipinski definition) is 9. The van der Waals surface area contributed by atoms with Gasteiger partial charge in [0.25, 0.3) is 0 Å². The maximum absolute atomic E-state index is 11.1. The molecule has 10 nitrogen and oxygen atoms in total. The highest BCUT2D eigenvalue weighted by Crippen LogP contribution is 2.20. The van der Waals surface area contributed by atoms with Crippen molar-refractivity contribution in [2.75, 3.05) is 19.6 Å². The summed E-state index contributed by atoms with van der Waals surface area (Å²) in [5.41, 5.74) is 0. The first-order chi connectivity index (χ1) is 12.0. The summed E-state index contributed by atoms with van der Waals surface area (Å²) in [4.78, 5) is 33.1. The Kier molecular flexibility index (Phi) is 16.2. The minimum absolute atomic E-state index is 0.487. The quantitative estimate of drug-likeness (QED) is 0.350. The first kappa shape index (κ1) is 26.7. The van der Waals surface area contributed by atoms with Crippen molar-refractivity contribution < 1.29 is 42.5 Å². The van der Waals surface area contributed by atoms with Gasteiger partial charge in [0.1, 0.15) is 0 Å². The van der Waals surface area contributed by atoms with Crippen LogP contribution in [0.25, 0.3) is 0 Å². The van der Waals surface area contributed by atoms with Crippen LogP contribution in [0.5, 0.6) is 0 Å². The van der Waals surface area contributed by atoms with Gasteiger partial charge in [0.05, 0.1) is 12.2 Å². The molecule has 0 spiro atoms. The Labute approximate surface area is 155 Å². The normalized spacial score (nSPS) is 11.2. The van der Waals surface area contributed by atoms with E-state index in [0.717, 1.165) is 0 Å². The summed E-state index contributed by atoms with van der Waals surface area (Å²) in [5, 5.41) is 0. The summed E-state index contributed by atoms with van der Waals surface area (Å²) in [6.07, 6.45) is -3.43. The van der Waals surface area contributed by atoms with Crippen molar-refractivity contribution in [1.82, 2.24) is 4.90 Å². The van der Waals surface area contributed by atoms with E-state index in [2.05, 4.69) is 49.1 Å². The second kappa shape index (κ2) is 15.7. The number of rotatable bonds is 9. The zero-order valence-electron chi connectivity index (χ0n) is 16.5. The lowest BCUT2D eigenvalue weighted by Crippen LogP contribution is -2.28. The Morgan fingerprint density at radius 3 is 1.38 bits per heavy atom. The molecule has 0 saturated carbocycles. The van der Waals surface area contributed by atoms with E-state index in [1.807, 2.05) is 0 Å². The van der Waals surface area contributed by atoms with Crippen LogP contribution in [-0.2, 0) is 28.0 Å². The van der Waals surface area contributed by atoms with Crippen LogP contribution in [0.3, 0.4) is 0 Å². The van der Waals surface area contributed by atoms with Crippen molar-refractivity contribution in [3.63, 3.8) is 0 Å². The van der Waals surface area contributed by atoms with E-state index in [-0.39, 0.29) is 0 Å². The number of nitrogens with zero attached hydrogens (tertiary/aromatic N) is 1. The molecule has 1 unspecified atom stereocenters. The second-order valence-corrected chi connectivity index (χ2v) is 6.01. The summed E-state index contributed by atoms with van der Waals surface area (Å²) >= 11 is 0. The molecule has 0 rings (SSSR count). The lowest BCUT2D eigenvalue weighted by molar-refractivity contribution is -0.206. The molecule has 11 heteroatoms. The molecule has 1 N–H and O–H groups in total. The van der Waals surface area contributed by atoms with Gasteiger partial charge in [0, 0.05) is 4.57 Å². The number of ether oxygens (including phenoxy) is 4. The molecule has 0 aromatic rings. The van der Waals surface area contributed by atoms with E-state index in [9.17, 15) is 14.2 Å². The third kappa shape index (κ3) is 17.3. The van der Waals surface area contributed by atoms with Crippen molar-refractivity contribution in [3.8, 4) is 0 Å². The van der Waals surface area contributed by atoms with Crippen LogP contribution in [0.2, 0.25) is 0 Å². The topological polar surface area (TPSA) is 121 Å². The van der Waals surface area contributed by atoms with Crippen LogP contribution in [0, 0.1) is 0 Å². The van der Waals surface area contributed by atoms with Crippen LogP contribution in [0.15, 0.2) is 0 Å². The van der Waals surface area contributed by atoms with Gasteiger partial charge >= 0.3 is 27.0 Å². The Hall–Kier alpha value is -1.48. The predicted molar refractivity (Wildman–Crippen MR) is 93.6 cm³/mol. The van der Waals surface area contributed by atoms with Crippen molar-refractivity contribution >= 4 is 20.6 Å². The van der Waals surface area contributed by atoms with E-state index >= 15 is 0 Å². The molecule has 154 valence electrons. The van der Waals surface area contributed by atoms with Gasteiger partial charge < -0.3 is 23.8 Å². The average Bonchev–Trinajstić information content (AvgIpc) is 2.46. The summed E-state index contributed by atoms with van der Waals surface area (Å²) in [6.45, 7) is 14.3. The standard InChI is InChI=1S/C9H15O9P.C6H15N/c1-5(2)14-7(10)16-9(18-19(12)13)17-8(11)15-6(3)4;1-4-7(5-2)6-3/h5-6,9H,1-4H3;4-6H2,1-3H3/p+1. The van der Waals surface area contributed by atoms with E-state index in [4.69, 9.17) is 4.89 Å². The lowest BCUT2D eigenvalue weighted by Gasteiger charge is -2.14. The second-order valence-electron chi connectivity index (χ2n) is 5.32. The lowest BCUT2D eigenvalue weighted by atomic mass is 10.5. The maximum Gasteiger partial charge on any atom is 0.702 e. The highest BCUT2D eigenvalue weighted by atomic mass is 31.1. The molecule has 1 atom stereocenters. The van der Waals surface area contributed by atoms with Gasteiger partial charge in [0.2, 0.25) is 0 Å². The average molecular weight is 400 g/mol. The molecule has 0 aliphatic rings. The molecule has 0 aromatic heterocycles. The molecule has 26 heavy (non-hydrogen) atoms. The Morgan fingerprint density at radius 2 is 1.19 bits per heavy atom. The highest BCUT2D eigenvalue weighted by molar-refractivity contribution is 7.32. The van der Waals surface area contributed by atoms with Gasteiger partial charge in [-0.2, -0.15) is 0 Å². The van der Waals surface area contributed by atoms with Crippen LogP contribution >= 0.6 is 8.25 Å². The minimum Gasteiger partial charge on any atom is -0.431 e. The van der Waals surface area contributed by atoms with Crippen molar-refractivity contribution in [2.45, 2.75) is 67.2 Å². The van der Waals surface area contributed by atoms with Gasteiger partial charge in [-0.15, -0.1) is 4.89 Å². The SMILES string of the molecule is CC(C)OC(=O)OC(OC(=O)OC(C)C)O[P+](=O)O.CCN(CC)CC. The summed E-state index contributed by atoms with van der Waals surface area (Å²) in [5.74, 6) is 0. The van der Waals surface area contributed by atoms with E-state index in [0.29, 0.717) is 0 Å². The van der Waals surface area contributed by atoms with Crippen molar-refractivity contribution in [2.24, 2.45) is 0 Å². The molecule has 0 heterocycles. The summed E-state index contributed by atoms with van der Waals surface area (Å²) < 4.78 is 32.6. The third-order valence-corrected chi connectivity index (χ3v) is 2.92. The van der Waals surface area contributed by atoms with Crippen molar-refractivity contribution in [1.29, 1.82) is 0 Å². The van der Waals surface area contributed by atoms with Crippen LogP contribution < -0.4 is 0 Å². The van der Waals surface area contributed by atoms with Crippen LogP contribution in [0.1, 0.15) is 48.5 Å². The molecule has 0 aliphatic heterocycles. The molecular weight excluding hydrogens is 369 g/mol. The molecule has 0 bridgehead atoms. The number of hydrogen-bond donors (Lipinski definition) is 1. The smallest absolute Gasteiger partial charge is 0.431 e. The zero-order chi connectivity index (χ0) is 20.7. The number of carbonyl (C=O) groups is 2. The van der Waals surface area contributed by atoms with Crippen LogP contribution in [0.4, 0.5) is 9.59 Å². The Morgan fingerprint density at radius 1 is 0.846 bits per heavy atom. The highest BCUT2D eigenvalue weighted by Gasteiger charge is 2.32. The summed E-state index contributed by atoms with van der Waals surface area (Å²) in [7, 11) is -3.16. The zero-order valence-corrected chi connectivity index (χ0v) is 17.4. The van der Waals surface area contributed by atoms with Gasteiger partial charge in [0.15, 0.2) is 0 Å². The molecular formula is C15H31NO9P+. The minimum atomic E-state index is -3.16. The van der Waals surface area contributed by atoms with Crippen LogP contribution in [-0.4, -0.2) is 60.4 Å². The molecule has 0 radical (unpaired) electrons. The molecule has 0 fully saturated rings. The summed E-state index contributed by atoms with van der Waals surface area (Å²) in [6, 6.07) is 0. The molecule has 0 aromatic carbocycles.